The number of carbonyl (C=O) groups excluding carboxylic acids is 1. The van der Waals surface area contributed by atoms with E-state index < -0.39 is 0 Å². The van der Waals surface area contributed by atoms with Crippen molar-refractivity contribution in [1.82, 2.24) is 15.3 Å². The zero-order valence-corrected chi connectivity index (χ0v) is 13.3. The summed E-state index contributed by atoms with van der Waals surface area (Å²) < 4.78 is 0.899. The van der Waals surface area contributed by atoms with Gasteiger partial charge in [-0.1, -0.05) is 6.92 Å². The van der Waals surface area contributed by atoms with Crippen molar-refractivity contribution in [3.8, 4) is 0 Å². The Bertz CT molecular complexity index is 632. The van der Waals surface area contributed by atoms with Crippen LogP contribution in [-0.2, 0) is 4.79 Å². The van der Waals surface area contributed by atoms with Gasteiger partial charge in [-0.05, 0) is 28.1 Å². The van der Waals surface area contributed by atoms with E-state index in [9.17, 15) is 4.79 Å². The Balaban J connectivity index is 2.30. The molecule has 1 amide bonds. The molecule has 0 fully saturated rings. The van der Waals surface area contributed by atoms with Crippen molar-refractivity contribution in [3.05, 3.63) is 29.0 Å². The van der Waals surface area contributed by atoms with Gasteiger partial charge in [0.25, 0.3) is 0 Å². The van der Waals surface area contributed by atoms with E-state index in [2.05, 4.69) is 31.2 Å². The van der Waals surface area contributed by atoms with Crippen molar-refractivity contribution >= 4 is 38.6 Å². The largest absolute Gasteiger partial charge is 0.372 e. The molecule has 0 spiro atoms. The van der Waals surface area contributed by atoms with Crippen molar-refractivity contribution in [2.75, 3.05) is 25.5 Å². The molecular formula is C14H17BrN4O. The van der Waals surface area contributed by atoms with Crippen molar-refractivity contribution < 1.29 is 4.79 Å². The average Bonchev–Trinajstić information content (AvgIpc) is 2.45. The summed E-state index contributed by atoms with van der Waals surface area (Å²) in [6.07, 6.45) is 3.51. The number of aromatic nitrogens is 2. The maximum atomic E-state index is 11.6. The number of fused-ring (bicyclic) bond motifs is 1. The van der Waals surface area contributed by atoms with Crippen LogP contribution < -0.4 is 10.2 Å². The minimum absolute atomic E-state index is 0.0333. The maximum Gasteiger partial charge on any atom is 0.224 e. The first-order chi connectivity index (χ1) is 9.52. The molecule has 2 heterocycles. The van der Waals surface area contributed by atoms with Gasteiger partial charge in [0.15, 0.2) is 0 Å². The van der Waals surface area contributed by atoms with Gasteiger partial charge in [0, 0.05) is 37.5 Å². The van der Waals surface area contributed by atoms with E-state index in [4.69, 9.17) is 0 Å². The molecule has 1 N–H and O–H groups in total. The van der Waals surface area contributed by atoms with Crippen molar-refractivity contribution in [2.45, 2.75) is 6.92 Å². The minimum atomic E-state index is -0.0938. The summed E-state index contributed by atoms with van der Waals surface area (Å²) in [5.41, 5.74) is 2.64. The lowest BCUT2D eigenvalue weighted by Gasteiger charge is -2.23. The highest BCUT2D eigenvalue weighted by Gasteiger charge is 2.16. The van der Waals surface area contributed by atoms with Gasteiger partial charge in [-0.3, -0.25) is 14.8 Å². The van der Waals surface area contributed by atoms with Gasteiger partial charge < -0.3 is 10.2 Å². The second kappa shape index (κ2) is 6.17. The van der Waals surface area contributed by atoms with Crippen molar-refractivity contribution in [1.29, 1.82) is 0 Å². The number of rotatable bonds is 4. The molecule has 2 aromatic rings. The molecular weight excluding hydrogens is 320 g/mol. The van der Waals surface area contributed by atoms with Gasteiger partial charge in [-0.25, -0.2) is 0 Å². The van der Waals surface area contributed by atoms with Crippen LogP contribution >= 0.6 is 15.9 Å². The molecule has 106 valence electrons. The van der Waals surface area contributed by atoms with E-state index in [1.165, 1.54) is 0 Å². The van der Waals surface area contributed by atoms with E-state index in [-0.39, 0.29) is 11.8 Å². The highest BCUT2D eigenvalue weighted by molar-refractivity contribution is 9.10. The Labute approximate surface area is 126 Å². The monoisotopic (exact) mass is 336 g/mol. The number of nitrogens with zero attached hydrogens (tertiary/aromatic N) is 3. The molecule has 0 saturated heterocycles. The predicted molar refractivity (Wildman–Crippen MR) is 83.7 cm³/mol. The highest BCUT2D eigenvalue weighted by Crippen LogP contribution is 2.25. The fourth-order valence-corrected chi connectivity index (χ4v) is 2.46. The lowest BCUT2D eigenvalue weighted by molar-refractivity contribution is -0.123. The van der Waals surface area contributed by atoms with Crippen LogP contribution in [0, 0.1) is 5.92 Å². The molecule has 6 heteroatoms. The zero-order valence-electron chi connectivity index (χ0n) is 11.7. The van der Waals surface area contributed by atoms with Crippen LogP contribution in [0.3, 0.4) is 0 Å². The maximum absolute atomic E-state index is 11.6. The van der Waals surface area contributed by atoms with E-state index >= 15 is 0 Å². The van der Waals surface area contributed by atoms with Gasteiger partial charge in [-0.15, -0.1) is 0 Å². The number of anilines is 1. The Hall–Kier alpha value is -1.69. The Morgan fingerprint density at radius 1 is 1.50 bits per heavy atom. The summed E-state index contributed by atoms with van der Waals surface area (Å²) in [6.45, 7) is 2.53. The topological polar surface area (TPSA) is 58.1 Å². The van der Waals surface area contributed by atoms with Crippen LogP contribution in [0.4, 0.5) is 5.69 Å². The average molecular weight is 337 g/mol. The molecule has 1 unspecified atom stereocenters. The van der Waals surface area contributed by atoms with Crippen LogP contribution in [0.2, 0.25) is 0 Å². The summed E-state index contributed by atoms with van der Waals surface area (Å²) in [6, 6.07) is 3.85. The molecule has 0 saturated carbocycles. The number of pyridine rings is 2. The summed E-state index contributed by atoms with van der Waals surface area (Å²) in [5, 5.41) is 2.67. The summed E-state index contributed by atoms with van der Waals surface area (Å²) in [5.74, 6) is -0.0606. The Kier molecular flexibility index (Phi) is 4.54. The van der Waals surface area contributed by atoms with E-state index in [1.807, 2.05) is 31.0 Å². The van der Waals surface area contributed by atoms with Crippen LogP contribution in [0.1, 0.15) is 6.92 Å². The first-order valence-corrected chi connectivity index (χ1v) is 7.15. The summed E-state index contributed by atoms with van der Waals surface area (Å²) in [7, 11) is 3.61. The standard InChI is InChI=1S/C14H17BrN4O/c1-9(14(20)16-2)8-19(3)12-4-5-17-11-6-10(15)7-18-13(11)12/h4-7,9H,8H2,1-3H3,(H,16,20). The van der Waals surface area contributed by atoms with Gasteiger partial charge in [0.05, 0.1) is 17.1 Å². The number of carbonyl (C=O) groups is 1. The molecule has 0 aliphatic carbocycles. The smallest absolute Gasteiger partial charge is 0.224 e. The highest BCUT2D eigenvalue weighted by atomic mass is 79.9. The van der Waals surface area contributed by atoms with Crippen LogP contribution in [-0.4, -0.2) is 36.5 Å². The number of halogens is 1. The first-order valence-electron chi connectivity index (χ1n) is 6.36. The molecule has 2 rings (SSSR count). The van der Waals surface area contributed by atoms with Crippen LogP contribution in [0.15, 0.2) is 29.0 Å². The molecule has 5 nitrogen and oxygen atoms in total. The fourth-order valence-electron chi connectivity index (χ4n) is 2.14. The van der Waals surface area contributed by atoms with Crippen LogP contribution in [0.25, 0.3) is 11.0 Å². The third-order valence-electron chi connectivity index (χ3n) is 3.18. The minimum Gasteiger partial charge on any atom is -0.372 e. The molecule has 0 aliphatic heterocycles. The molecule has 2 aromatic heterocycles. The van der Waals surface area contributed by atoms with Crippen molar-refractivity contribution in [3.63, 3.8) is 0 Å². The number of hydrogen-bond donors (Lipinski definition) is 1. The van der Waals surface area contributed by atoms with Gasteiger partial charge in [0.1, 0.15) is 5.52 Å². The number of nitrogens with one attached hydrogen (secondary N) is 1. The lowest BCUT2D eigenvalue weighted by Crippen LogP contribution is -2.34. The fraction of sp³-hybridized carbons (Fsp3) is 0.357. The quantitative estimate of drug-likeness (QED) is 0.929. The molecule has 0 aromatic carbocycles. The van der Waals surface area contributed by atoms with Crippen LogP contribution in [0.5, 0.6) is 0 Å². The van der Waals surface area contributed by atoms with E-state index in [1.54, 1.807) is 19.4 Å². The molecule has 20 heavy (non-hydrogen) atoms. The zero-order chi connectivity index (χ0) is 14.7. The number of hydrogen-bond acceptors (Lipinski definition) is 4. The molecule has 0 radical (unpaired) electrons. The Morgan fingerprint density at radius 3 is 2.95 bits per heavy atom. The molecule has 0 bridgehead atoms. The lowest BCUT2D eigenvalue weighted by atomic mass is 10.1. The summed E-state index contributed by atoms with van der Waals surface area (Å²) in [4.78, 5) is 22.4. The SMILES string of the molecule is CNC(=O)C(C)CN(C)c1ccnc2cc(Br)cnc12. The third-order valence-corrected chi connectivity index (χ3v) is 3.61. The van der Waals surface area contributed by atoms with Gasteiger partial charge in [-0.2, -0.15) is 0 Å². The van der Waals surface area contributed by atoms with Gasteiger partial charge >= 0.3 is 0 Å². The second-order valence-corrected chi connectivity index (χ2v) is 5.66. The second-order valence-electron chi connectivity index (χ2n) is 4.75. The predicted octanol–water partition coefficient (Wildman–Crippen LogP) is 2.21. The Morgan fingerprint density at radius 2 is 2.25 bits per heavy atom. The molecule has 1 atom stereocenters. The molecule has 0 aliphatic rings. The van der Waals surface area contributed by atoms with Gasteiger partial charge in [0.2, 0.25) is 5.91 Å². The normalized spacial score (nSPS) is 12.2. The van der Waals surface area contributed by atoms with E-state index in [0.29, 0.717) is 6.54 Å². The van der Waals surface area contributed by atoms with Crippen molar-refractivity contribution in [2.24, 2.45) is 5.92 Å². The summed E-state index contributed by atoms with van der Waals surface area (Å²) >= 11 is 3.39. The first kappa shape index (κ1) is 14.7. The third kappa shape index (κ3) is 3.07. The van der Waals surface area contributed by atoms with E-state index in [0.717, 1.165) is 21.2 Å². The number of amides is 1.